The van der Waals surface area contributed by atoms with Crippen molar-refractivity contribution in [2.24, 2.45) is 23.7 Å². The molecule has 4 heteroatoms. The summed E-state index contributed by atoms with van der Waals surface area (Å²) in [5.41, 5.74) is 1.34. The molecule has 4 saturated carbocycles. The van der Waals surface area contributed by atoms with Crippen LogP contribution in [0.4, 0.5) is 4.79 Å². The van der Waals surface area contributed by atoms with Crippen molar-refractivity contribution >= 4 is 22.9 Å². The Morgan fingerprint density at radius 2 is 1.53 bits per heavy atom. The van der Waals surface area contributed by atoms with Gasteiger partial charge in [0.15, 0.2) is 0 Å². The van der Waals surface area contributed by atoms with E-state index in [4.69, 9.17) is 0 Å². The largest absolute Gasteiger partial charge is 0.290 e. The summed E-state index contributed by atoms with van der Waals surface area (Å²) in [6.45, 7) is 0. The molecule has 5 rings (SSSR count). The quantitative estimate of drug-likeness (QED) is 0.671. The Morgan fingerprint density at radius 1 is 0.941 bits per heavy atom. The standard InChI is InChI=1S/C13H15NO2S/c15-12-11(17-13(16)14-12)10-8-2-6-1-7(4-8)5-9(10)3-6/h6-9H,1-5H2,(H,14,15,16). The number of hydrogen-bond donors (Lipinski definition) is 1. The molecule has 0 aromatic carbocycles. The lowest BCUT2D eigenvalue weighted by atomic mass is 9.54. The zero-order chi connectivity index (χ0) is 11.6. The van der Waals surface area contributed by atoms with Crippen molar-refractivity contribution in [3.05, 3.63) is 10.5 Å². The molecule has 1 heterocycles. The Hall–Kier alpha value is -0.770. The van der Waals surface area contributed by atoms with Crippen LogP contribution in [0.3, 0.4) is 0 Å². The first kappa shape index (κ1) is 10.2. The fraction of sp³-hybridized carbons (Fsp3) is 0.692. The van der Waals surface area contributed by atoms with Gasteiger partial charge < -0.3 is 0 Å². The number of carbonyl (C=O) groups is 2. The Balaban J connectivity index is 1.77. The number of nitrogens with one attached hydrogen (secondary N) is 1. The second-order valence-electron chi connectivity index (χ2n) is 5.93. The van der Waals surface area contributed by atoms with Gasteiger partial charge in [0.2, 0.25) is 0 Å². The van der Waals surface area contributed by atoms with Crippen molar-refractivity contribution in [3.8, 4) is 0 Å². The number of thioether (sulfide) groups is 1. The molecule has 1 saturated heterocycles. The molecule has 0 atom stereocenters. The molecule has 0 unspecified atom stereocenters. The first-order valence-corrected chi connectivity index (χ1v) is 7.29. The predicted molar refractivity (Wildman–Crippen MR) is 65.2 cm³/mol. The minimum Gasteiger partial charge on any atom is -0.282 e. The van der Waals surface area contributed by atoms with E-state index < -0.39 is 0 Å². The maximum Gasteiger partial charge on any atom is 0.290 e. The molecule has 0 spiro atoms. The van der Waals surface area contributed by atoms with Crippen LogP contribution >= 0.6 is 11.8 Å². The average Bonchev–Trinajstić information content (AvgIpc) is 2.56. The second-order valence-corrected chi connectivity index (χ2v) is 6.92. The van der Waals surface area contributed by atoms with Crippen LogP contribution in [0.2, 0.25) is 0 Å². The molecular formula is C13H15NO2S. The van der Waals surface area contributed by atoms with Gasteiger partial charge in [-0.2, -0.15) is 0 Å². The van der Waals surface area contributed by atoms with E-state index >= 15 is 0 Å². The summed E-state index contributed by atoms with van der Waals surface area (Å²) in [5, 5.41) is 2.21. The monoisotopic (exact) mass is 249 g/mol. The van der Waals surface area contributed by atoms with E-state index in [1.165, 1.54) is 37.7 Å². The van der Waals surface area contributed by atoms with Crippen LogP contribution in [-0.2, 0) is 4.79 Å². The number of carbonyl (C=O) groups excluding carboxylic acids is 2. The number of amides is 2. The Kier molecular flexibility index (Phi) is 2.02. The summed E-state index contributed by atoms with van der Waals surface area (Å²) in [4.78, 5) is 23.8. The topological polar surface area (TPSA) is 46.2 Å². The van der Waals surface area contributed by atoms with Gasteiger partial charge in [-0.25, -0.2) is 0 Å². The summed E-state index contributed by atoms with van der Waals surface area (Å²) < 4.78 is 0. The number of imide groups is 1. The van der Waals surface area contributed by atoms with Crippen molar-refractivity contribution in [1.29, 1.82) is 0 Å². The Labute approximate surface area is 104 Å². The van der Waals surface area contributed by atoms with E-state index in [9.17, 15) is 9.59 Å². The highest BCUT2D eigenvalue weighted by molar-refractivity contribution is 8.18. The van der Waals surface area contributed by atoms with E-state index in [0.717, 1.165) is 28.5 Å². The highest BCUT2D eigenvalue weighted by atomic mass is 32.2. The predicted octanol–water partition coefficient (Wildman–Crippen LogP) is 2.68. The fourth-order valence-electron chi connectivity index (χ4n) is 4.57. The molecule has 2 amide bonds. The molecule has 17 heavy (non-hydrogen) atoms. The average molecular weight is 249 g/mol. The summed E-state index contributed by atoms with van der Waals surface area (Å²) in [7, 11) is 0. The molecule has 5 fully saturated rings. The van der Waals surface area contributed by atoms with Gasteiger partial charge in [0.05, 0.1) is 4.91 Å². The third-order valence-corrected chi connectivity index (χ3v) is 5.81. The molecule has 1 aliphatic heterocycles. The van der Waals surface area contributed by atoms with Crippen LogP contribution in [0.1, 0.15) is 32.1 Å². The van der Waals surface area contributed by atoms with Crippen LogP contribution in [0, 0.1) is 23.7 Å². The van der Waals surface area contributed by atoms with Crippen molar-refractivity contribution < 1.29 is 9.59 Å². The molecule has 0 aromatic heterocycles. The van der Waals surface area contributed by atoms with Crippen molar-refractivity contribution in [2.45, 2.75) is 32.1 Å². The molecule has 5 aliphatic rings. The van der Waals surface area contributed by atoms with Crippen LogP contribution in [0.25, 0.3) is 0 Å². The lowest BCUT2D eigenvalue weighted by Crippen LogP contribution is -2.41. The number of allylic oxidation sites excluding steroid dienone is 1. The smallest absolute Gasteiger partial charge is 0.282 e. The van der Waals surface area contributed by atoms with Crippen LogP contribution in [0.15, 0.2) is 10.5 Å². The zero-order valence-corrected chi connectivity index (χ0v) is 10.4. The minimum absolute atomic E-state index is 0.137. The van der Waals surface area contributed by atoms with E-state index in [1.54, 1.807) is 0 Å². The Bertz CT molecular complexity index is 424. The van der Waals surface area contributed by atoms with Gasteiger partial charge >= 0.3 is 0 Å². The van der Waals surface area contributed by atoms with Crippen LogP contribution in [-0.4, -0.2) is 11.1 Å². The Morgan fingerprint density at radius 3 is 2.00 bits per heavy atom. The van der Waals surface area contributed by atoms with E-state index in [2.05, 4.69) is 5.32 Å². The van der Waals surface area contributed by atoms with Crippen LogP contribution in [0.5, 0.6) is 0 Å². The van der Waals surface area contributed by atoms with Gasteiger partial charge in [0.1, 0.15) is 0 Å². The first-order chi connectivity index (χ1) is 8.20. The summed E-state index contributed by atoms with van der Waals surface area (Å²) in [6.07, 6.45) is 6.44. The summed E-state index contributed by atoms with van der Waals surface area (Å²) in [5.74, 6) is 2.86. The molecule has 0 aromatic rings. The first-order valence-electron chi connectivity index (χ1n) is 6.48. The molecule has 4 aliphatic carbocycles. The second kappa shape index (κ2) is 3.37. The fourth-order valence-corrected chi connectivity index (χ4v) is 5.49. The van der Waals surface area contributed by atoms with Gasteiger partial charge in [0, 0.05) is 0 Å². The third-order valence-electron chi connectivity index (χ3n) is 4.90. The molecule has 90 valence electrons. The maximum atomic E-state index is 11.8. The minimum atomic E-state index is -0.189. The van der Waals surface area contributed by atoms with Gasteiger partial charge in [-0.3, -0.25) is 14.9 Å². The molecular weight excluding hydrogens is 234 g/mol. The van der Waals surface area contributed by atoms with Crippen molar-refractivity contribution in [1.82, 2.24) is 5.32 Å². The molecule has 3 nitrogen and oxygen atoms in total. The SMILES string of the molecule is O=C1NC(=O)C(=C2C3CC4CC(C3)CC2C4)S1. The van der Waals surface area contributed by atoms with E-state index in [-0.39, 0.29) is 11.1 Å². The van der Waals surface area contributed by atoms with Crippen molar-refractivity contribution in [3.63, 3.8) is 0 Å². The lowest BCUT2D eigenvalue weighted by molar-refractivity contribution is -0.115. The van der Waals surface area contributed by atoms with E-state index in [0.29, 0.717) is 11.8 Å². The molecule has 0 radical (unpaired) electrons. The van der Waals surface area contributed by atoms with Crippen molar-refractivity contribution in [2.75, 3.05) is 0 Å². The van der Waals surface area contributed by atoms with Crippen LogP contribution < -0.4 is 5.32 Å². The molecule has 1 N–H and O–H groups in total. The maximum absolute atomic E-state index is 11.8. The lowest BCUT2D eigenvalue weighted by Gasteiger charge is -2.51. The van der Waals surface area contributed by atoms with Gasteiger partial charge in [0.25, 0.3) is 11.1 Å². The summed E-state index contributed by atoms with van der Waals surface area (Å²) >= 11 is 1.13. The van der Waals surface area contributed by atoms with Gasteiger partial charge in [-0.05, 0) is 73.1 Å². The molecule has 4 bridgehead atoms. The van der Waals surface area contributed by atoms with Gasteiger partial charge in [-0.1, -0.05) is 0 Å². The third kappa shape index (κ3) is 1.43. The summed E-state index contributed by atoms with van der Waals surface area (Å²) in [6, 6.07) is 0. The highest BCUT2D eigenvalue weighted by Gasteiger charge is 2.48. The normalized spacial score (nSPS) is 43.5. The number of rotatable bonds is 0. The number of hydrogen-bond acceptors (Lipinski definition) is 3. The van der Waals surface area contributed by atoms with E-state index in [1.807, 2.05) is 0 Å². The zero-order valence-electron chi connectivity index (χ0n) is 9.57. The highest BCUT2D eigenvalue weighted by Crippen LogP contribution is 2.58. The van der Waals surface area contributed by atoms with Gasteiger partial charge in [-0.15, -0.1) is 0 Å².